The van der Waals surface area contributed by atoms with Gasteiger partial charge in [0, 0.05) is 19.1 Å². The highest BCUT2D eigenvalue weighted by molar-refractivity contribution is 4.90. The quantitative estimate of drug-likeness (QED) is 0.663. The van der Waals surface area contributed by atoms with Gasteiger partial charge in [-0.3, -0.25) is 4.90 Å². The number of rotatable bonds is 2. The molecule has 0 aromatic heterocycles. The van der Waals surface area contributed by atoms with E-state index in [2.05, 4.69) is 32.6 Å². The van der Waals surface area contributed by atoms with Crippen molar-refractivity contribution in [3.63, 3.8) is 0 Å². The van der Waals surface area contributed by atoms with Gasteiger partial charge in [-0.2, -0.15) is 0 Å². The Kier molecular flexibility index (Phi) is 3.57. The van der Waals surface area contributed by atoms with E-state index in [1.807, 2.05) is 0 Å². The Hall–Kier alpha value is -0.110. The summed E-state index contributed by atoms with van der Waals surface area (Å²) >= 11 is 0. The Bertz CT molecular complexity index is 169. The van der Waals surface area contributed by atoms with E-state index < -0.39 is 5.67 Å². The van der Waals surface area contributed by atoms with Gasteiger partial charge in [0.15, 0.2) is 0 Å². The molecule has 1 rings (SSSR count). The van der Waals surface area contributed by atoms with Crippen LogP contribution in [0.3, 0.4) is 0 Å². The number of alkyl halides is 1. The van der Waals surface area contributed by atoms with Crippen molar-refractivity contribution >= 4 is 0 Å². The molecular weight excluding hydrogens is 177 g/mol. The van der Waals surface area contributed by atoms with Gasteiger partial charge in [0.25, 0.3) is 0 Å². The van der Waals surface area contributed by atoms with Crippen LogP contribution in [-0.4, -0.2) is 29.7 Å². The van der Waals surface area contributed by atoms with E-state index in [4.69, 9.17) is 0 Å². The minimum atomic E-state index is -0.989. The summed E-state index contributed by atoms with van der Waals surface area (Å²) in [5.74, 6) is 1.10. The van der Waals surface area contributed by atoms with Crippen LogP contribution in [-0.2, 0) is 0 Å². The third-order valence-electron chi connectivity index (χ3n) is 3.36. The van der Waals surface area contributed by atoms with Crippen molar-refractivity contribution in [2.45, 2.75) is 52.8 Å². The molecule has 2 atom stereocenters. The van der Waals surface area contributed by atoms with E-state index in [0.29, 0.717) is 24.4 Å². The lowest BCUT2D eigenvalue weighted by molar-refractivity contribution is -0.00159. The van der Waals surface area contributed by atoms with Gasteiger partial charge in [-0.25, -0.2) is 4.39 Å². The zero-order chi connectivity index (χ0) is 10.9. The van der Waals surface area contributed by atoms with Crippen LogP contribution in [0.4, 0.5) is 4.39 Å². The highest BCUT2D eigenvalue weighted by Gasteiger charge is 2.37. The van der Waals surface area contributed by atoms with Crippen LogP contribution in [0.15, 0.2) is 0 Å². The molecule has 1 fully saturated rings. The standard InChI is InChI=1S/C12H24FN/c1-9(2)11-6-12(5,13)8-14(7-11)10(3)4/h9-11H,6-8H2,1-5H3/t11-,12?/m1/s1. The Morgan fingerprint density at radius 3 is 2.29 bits per heavy atom. The molecule has 0 spiro atoms. The summed E-state index contributed by atoms with van der Waals surface area (Å²) in [7, 11) is 0. The van der Waals surface area contributed by atoms with Gasteiger partial charge in [-0.15, -0.1) is 0 Å². The fourth-order valence-electron chi connectivity index (χ4n) is 2.30. The smallest absolute Gasteiger partial charge is 0.121 e. The zero-order valence-corrected chi connectivity index (χ0v) is 10.2. The molecule has 1 unspecified atom stereocenters. The van der Waals surface area contributed by atoms with Crippen molar-refractivity contribution in [3.8, 4) is 0 Å². The van der Waals surface area contributed by atoms with Crippen LogP contribution in [0.25, 0.3) is 0 Å². The van der Waals surface area contributed by atoms with Crippen LogP contribution >= 0.6 is 0 Å². The predicted octanol–water partition coefficient (Wildman–Crippen LogP) is 3.10. The summed E-state index contributed by atoms with van der Waals surface area (Å²) in [6.45, 7) is 12.1. The average Bonchev–Trinajstić information content (AvgIpc) is 2.01. The normalized spacial score (nSPS) is 35.6. The third kappa shape index (κ3) is 2.94. The minimum Gasteiger partial charge on any atom is -0.297 e. The van der Waals surface area contributed by atoms with Crippen LogP contribution in [0, 0.1) is 11.8 Å². The molecule has 0 radical (unpaired) electrons. The van der Waals surface area contributed by atoms with E-state index in [0.717, 1.165) is 13.0 Å². The Balaban J connectivity index is 2.67. The van der Waals surface area contributed by atoms with E-state index in [9.17, 15) is 4.39 Å². The van der Waals surface area contributed by atoms with Crippen molar-refractivity contribution in [2.24, 2.45) is 11.8 Å². The molecule has 1 aliphatic heterocycles. The summed E-state index contributed by atoms with van der Waals surface area (Å²) in [4.78, 5) is 2.27. The van der Waals surface area contributed by atoms with E-state index >= 15 is 0 Å². The Labute approximate surface area is 87.7 Å². The number of hydrogen-bond acceptors (Lipinski definition) is 1. The largest absolute Gasteiger partial charge is 0.297 e. The number of hydrogen-bond donors (Lipinski definition) is 0. The molecule has 1 aliphatic rings. The van der Waals surface area contributed by atoms with E-state index in [1.165, 1.54) is 0 Å². The van der Waals surface area contributed by atoms with Crippen LogP contribution in [0.2, 0.25) is 0 Å². The number of likely N-dealkylation sites (tertiary alicyclic amines) is 1. The second kappa shape index (κ2) is 4.18. The number of nitrogens with zero attached hydrogens (tertiary/aromatic N) is 1. The summed E-state index contributed by atoms with van der Waals surface area (Å²) in [6.07, 6.45) is 0.730. The third-order valence-corrected chi connectivity index (χ3v) is 3.36. The highest BCUT2D eigenvalue weighted by atomic mass is 19.1. The van der Waals surface area contributed by atoms with Gasteiger partial charge in [0.05, 0.1) is 0 Å². The molecule has 14 heavy (non-hydrogen) atoms. The summed E-state index contributed by atoms with van der Waals surface area (Å²) in [5.41, 5.74) is -0.989. The zero-order valence-electron chi connectivity index (χ0n) is 10.2. The highest BCUT2D eigenvalue weighted by Crippen LogP contribution is 2.33. The van der Waals surface area contributed by atoms with Gasteiger partial charge in [-0.1, -0.05) is 13.8 Å². The molecule has 0 aromatic carbocycles. The van der Waals surface area contributed by atoms with Crippen molar-refractivity contribution in [2.75, 3.05) is 13.1 Å². The molecule has 0 N–H and O–H groups in total. The Morgan fingerprint density at radius 1 is 1.29 bits per heavy atom. The van der Waals surface area contributed by atoms with Gasteiger partial charge < -0.3 is 0 Å². The predicted molar refractivity (Wildman–Crippen MR) is 59.2 cm³/mol. The van der Waals surface area contributed by atoms with Gasteiger partial charge in [0.1, 0.15) is 5.67 Å². The van der Waals surface area contributed by atoms with Crippen molar-refractivity contribution in [1.29, 1.82) is 0 Å². The lowest BCUT2D eigenvalue weighted by Crippen LogP contribution is -2.51. The monoisotopic (exact) mass is 201 g/mol. The summed E-state index contributed by atoms with van der Waals surface area (Å²) in [6, 6.07) is 0.464. The van der Waals surface area contributed by atoms with Gasteiger partial charge >= 0.3 is 0 Å². The molecule has 2 heteroatoms. The molecule has 0 amide bonds. The Morgan fingerprint density at radius 2 is 1.86 bits per heavy atom. The number of piperidine rings is 1. The van der Waals surface area contributed by atoms with E-state index in [-0.39, 0.29) is 0 Å². The SMILES string of the molecule is CC(C)[C@H]1CN(C(C)C)CC(C)(F)C1. The summed E-state index contributed by atoms with van der Waals surface area (Å²) < 4.78 is 14.1. The van der Waals surface area contributed by atoms with Gasteiger partial charge in [-0.05, 0) is 39.0 Å². The first-order chi connectivity index (χ1) is 6.32. The molecular formula is C12H24FN. The van der Waals surface area contributed by atoms with Crippen LogP contribution in [0.1, 0.15) is 41.0 Å². The lowest BCUT2D eigenvalue weighted by atomic mass is 9.81. The molecule has 0 saturated carbocycles. The number of halogens is 1. The topological polar surface area (TPSA) is 3.24 Å². The van der Waals surface area contributed by atoms with Crippen LogP contribution < -0.4 is 0 Å². The first-order valence-corrected chi connectivity index (χ1v) is 5.75. The van der Waals surface area contributed by atoms with E-state index in [1.54, 1.807) is 6.92 Å². The maximum Gasteiger partial charge on any atom is 0.121 e. The maximum atomic E-state index is 14.1. The van der Waals surface area contributed by atoms with Crippen molar-refractivity contribution in [3.05, 3.63) is 0 Å². The first kappa shape index (κ1) is 12.0. The van der Waals surface area contributed by atoms with Crippen molar-refractivity contribution in [1.82, 2.24) is 4.90 Å². The molecule has 1 nitrogen and oxygen atoms in total. The lowest BCUT2D eigenvalue weighted by Gasteiger charge is -2.43. The van der Waals surface area contributed by atoms with Crippen LogP contribution in [0.5, 0.6) is 0 Å². The fourth-order valence-corrected chi connectivity index (χ4v) is 2.30. The fraction of sp³-hybridized carbons (Fsp3) is 1.00. The second-order valence-corrected chi connectivity index (χ2v) is 5.64. The average molecular weight is 201 g/mol. The molecule has 1 heterocycles. The first-order valence-electron chi connectivity index (χ1n) is 5.75. The van der Waals surface area contributed by atoms with Crippen molar-refractivity contribution < 1.29 is 4.39 Å². The molecule has 84 valence electrons. The minimum absolute atomic E-state index is 0.464. The molecule has 1 saturated heterocycles. The molecule has 0 aliphatic carbocycles. The second-order valence-electron chi connectivity index (χ2n) is 5.64. The maximum absolute atomic E-state index is 14.1. The van der Waals surface area contributed by atoms with Gasteiger partial charge in [0.2, 0.25) is 0 Å². The molecule has 0 bridgehead atoms. The molecule has 0 aromatic rings. The summed E-state index contributed by atoms with van der Waals surface area (Å²) in [5, 5.41) is 0.